The number of hydrogen-bond donors (Lipinski definition) is 0. The van der Waals surface area contributed by atoms with Gasteiger partial charge in [0.15, 0.2) is 0 Å². The van der Waals surface area contributed by atoms with Crippen LogP contribution in [0.15, 0.2) is 24.5 Å². The number of pyridine rings is 1. The van der Waals surface area contributed by atoms with Crippen LogP contribution in [0, 0.1) is 11.3 Å². The van der Waals surface area contributed by atoms with Gasteiger partial charge in [-0.05, 0) is 31.5 Å². The van der Waals surface area contributed by atoms with Crippen LogP contribution in [0.3, 0.4) is 0 Å². The molecule has 0 saturated carbocycles. The fourth-order valence-electron chi connectivity index (χ4n) is 3.20. The van der Waals surface area contributed by atoms with Crippen molar-refractivity contribution in [3.63, 3.8) is 0 Å². The highest BCUT2D eigenvalue weighted by molar-refractivity contribution is 5.16. The first-order valence-corrected chi connectivity index (χ1v) is 7.10. The van der Waals surface area contributed by atoms with Gasteiger partial charge in [0.25, 0.3) is 0 Å². The summed E-state index contributed by atoms with van der Waals surface area (Å²) in [7, 11) is 0. The molecule has 0 aromatic carbocycles. The Morgan fingerprint density at radius 2 is 2.55 bits per heavy atom. The van der Waals surface area contributed by atoms with Crippen LogP contribution >= 0.6 is 0 Å². The number of nitrogens with zero attached hydrogens (tertiary/aromatic N) is 3. The number of hydrogen-bond acceptors (Lipinski definition) is 5. The Morgan fingerprint density at radius 1 is 1.60 bits per heavy atom. The van der Waals surface area contributed by atoms with E-state index in [4.69, 9.17) is 14.7 Å². The normalized spacial score (nSPS) is 30.2. The summed E-state index contributed by atoms with van der Waals surface area (Å²) in [5.41, 5.74) is -0.123. The quantitative estimate of drug-likeness (QED) is 0.783. The lowest BCUT2D eigenvalue weighted by Gasteiger charge is -2.38. The zero-order valence-corrected chi connectivity index (χ0v) is 11.5. The van der Waals surface area contributed by atoms with Crippen molar-refractivity contribution in [1.82, 2.24) is 9.88 Å². The molecule has 5 nitrogen and oxygen atoms in total. The number of aromatic nitrogens is 1. The monoisotopic (exact) mass is 273 g/mol. The Labute approximate surface area is 119 Å². The first-order chi connectivity index (χ1) is 9.80. The maximum absolute atomic E-state index is 8.83. The summed E-state index contributed by atoms with van der Waals surface area (Å²) in [5.74, 6) is 0.794. The van der Waals surface area contributed by atoms with Crippen molar-refractivity contribution in [2.45, 2.75) is 31.0 Å². The Balaban J connectivity index is 1.60. The zero-order chi connectivity index (χ0) is 13.8. The molecule has 0 unspecified atom stereocenters. The average Bonchev–Trinajstić information content (AvgIpc) is 2.83. The van der Waals surface area contributed by atoms with E-state index in [0.29, 0.717) is 13.2 Å². The Bertz CT molecular complexity index is 488. The fourth-order valence-corrected chi connectivity index (χ4v) is 3.20. The van der Waals surface area contributed by atoms with Crippen molar-refractivity contribution in [3.8, 4) is 11.8 Å². The van der Waals surface area contributed by atoms with E-state index >= 15 is 0 Å². The van der Waals surface area contributed by atoms with Gasteiger partial charge < -0.3 is 9.47 Å². The molecule has 2 aliphatic rings. The van der Waals surface area contributed by atoms with Crippen molar-refractivity contribution in [2.24, 2.45) is 0 Å². The third-order valence-electron chi connectivity index (χ3n) is 4.03. The van der Waals surface area contributed by atoms with Crippen LogP contribution in [0.5, 0.6) is 5.75 Å². The van der Waals surface area contributed by atoms with E-state index in [0.717, 1.165) is 38.1 Å². The van der Waals surface area contributed by atoms with Gasteiger partial charge in [-0.3, -0.25) is 9.88 Å². The second kappa shape index (κ2) is 5.78. The average molecular weight is 273 g/mol. The molecule has 2 fully saturated rings. The molecular weight excluding hydrogens is 254 g/mol. The van der Waals surface area contributed by atoms with Gasteiger partial charge in [-0.25, -0.2) is 0 Å². The Morgan fingerprint density at radius 3 is 3.35 bits per heavy atom. The van der Waals surface area contributed by atoms with E-state index in [1.165, 1.54) is 0 Å². The molecule has 0 aliphatic carbocycles. The van der Waals surface area contributed by atoms with Gasteiger partial charge in [0, 0.05) is 19.2 Å². The van der Waals surface area contributed by atoms with Crippen LogP contribution in [0.25, 0.3) is 0 Å². The van der Waals surface area contributed by atoms with Crippen LogP contribution in [0.2, 0.25) is 0 Å². The van der Waals surface area contributed by atoms with Crippen molar-refractivity contribution in [3.05, 3.63) is 24.5 Å². The van der Waals surface area contributed by atoms with E-state index < -0.39 is 0 Å². The molecule has 1 aromatic rings. The van der Waals surface area contributed by atoms with E-state index in [2.05, 4.69) is 16.0 Å². The highest BCUT2D eigenvalue weighted by atomic mass is 16.6. The molecule has 0 N–H and O–H groups in total. The maximum atomic E-state index is 8.83. The second-order valence-electron chi connectivity index (χ2n) is 5.60. The maximum Gasteiger partial charge on any atom is 0.138 e. The highest BCUT2D eigenvalue weighted by Gasteiger charge is 2.44. The summed E-state index contributed by atoms with van der Waals surface area (Å²) in [5, 5.41) is 8.83. The molecule has 0 amide bonds. The van der Waals surface area contributed by atoms with Gasteiger partial charge >= 0.3 is 0 Å². The van der Waals surface area contributed by atoms with Crippen LogP contribution < -0.4 is 4.74 Å². The SMILES string of the molecule is N#CCN1CCC[C@@]2(C[C@H](Oc3cccnc3)CO2)C1. The lowest BCUT2D eigenvalue weighted by atomic mass is 9.89. The summed E-state index contributed by atoms with van der Waals surface area (Å²) >= 11 is 0. The van der Waals surface area contributed by atoms with Crippen molar-refractivity contribution >= 4 is 0 Å². The number of likely N-dealkylation sites (tertiary alicyclic amines) is 1. The van der Waals surface area contributed by atoms with Gasteiger partial charge in [0.1, 0.15) is 11.9 Å². The molecule has 106 valence electrons. The van der Waals surface area contributed by atoms with Gasteiger partial charge in [-0.1, -0.05) is 0 Å². The number of rotatable bonds is 3. The lowest BCUT2D eigenvalue weighted by Crippen LogP contribution is -2.48. The number of piperidine rings is 1. The minimum Gasteiger partial charge on any atom is -0.486 e. The van der Waals surface area contributed by atoms with Crippen molar-refractivity contribution < 1.29 is 9.47 Å². The minimum absolute atomic E-state index is 0.0845. The molecule has 1 spiro atoms. The third kappa shape index (κ3) is 2.92. The summed E-state index contributed by atoms with van der Waals surface area (Å²) in [6.45, 7) is 2.94. The Hall–Kier alpha value is -1.64. The van der Waals surface area contributed by atoms with Crippen LogP contribution in [0.1, 0.15) is 19.3 Å². The van der Waals surface area contributed by atoms with Gasteiger partial charge in [-0.15, -0.1) is 0 Å². The topological polar surface area (TPSA) is 58.4 Å². The molecule has 2 aliphatic heterocycles. The second-order valence-corrected chi connectivity index (χ2v) is 5.60. The lowest BCUT2D eigenvalue weighted by molar-refractivity contribution is -0.0488. The summed E-state index contributed by atoms with van der Waals surface area (Å²) in [6, 6.07) is 6.01. The molecule has 2 saturated heterocycles. The van der Waals surface area contributed by atoms with Gasteiger partial charge in [-0.2, -0.15) is 5.26 Å². The summed E-state index contributed by atoms with van der Waals surface area (Å²) < 4.78 is 12.0. The van der Waals surface area contributed by atoms with Crippen molar-refractivity contribution in [1.29, 1.82) is 5.26 Å². The van der Waals surface area contributed by atoms with Crippen LogP contribution in [-0.4, -0.2) is 47.8 Å². The molecule has 2 atom stereocenters. The van der Waals surface area contributed by atoms with E-state index in [1.54, 1.807) is 12.4 Å². The molecule has 1 aromatic heterocycles. The van der Waals surface area contributed by atoms with Crippen LogP contribution in [0.4, 0.5) is 0 Å². The molecule has 3 rings (SSSR count). The van der Waals surface area contributed by atoms with Gasteiger partial charge in [0.05, 0.1) is 31.0 Å². The summed E-state index contributed by atoms with van der Waals surface area (Å²) in [6.07, 6.45) is 6.59. The largest absolute Gasteiger partial charge is 0.486 e. The smallest absolute Gasteiger partial charge is 0.138 e. The molecular formula is C15H19N3O2. The fraction of sp³-hybridized carbons (Fsp3) is 0.600. The van der Waals surface area contributed by atoms with Gasteiger partial charge in [0.2, 0.25) is 0 Å². The molecule has 3 heterocycles. The molecule has 5 heteroatoms. The minimum atomic E-state index is -0.123. The van der Waals surface area contributed by atoms with Crippen LogP contribution in [-0.2, 0) is 4.74 Å². The first kappa shape index (κ1) is 13.3. The third-order valence-corrected chi connectivity index (χ3v) is 4.03. The van der Waals surface area contributed by atoms with Crippen molar-refractivity contribution in [2.75, 3.05) is 26.2 Å². The Kier molecular flexibility index (Phi) is 3.86. The molecule has 0 bridgehead atoms. The molecule has 0 radical (unpaired) electrons. The van der Waals surface area contributed by atoms with E-state index in [1.807, 2.05) is 12.1 Å². The van der Waals surface area contributed by atoms with E-state index in [9.17, 15) is 0 Å². The molecule has 20 heavy (non-hydrogen) atoms. The van der Waals surface area contributed by atoms with E-state index in [-0.39, 0.29) is 11.7 Å². The summed E-state index contributed by atoms with van der Waals surface area (Å²) in [4.78, 5) is 6.23. The zero-order valence-electron chi connectivity index (χ0n) is 11.5. The number of ether oxygens (including phenoxy) is 2. The first-order valence-electron chi connectivity index (χ1n) is 7.10. The number of nitriles is 1. The predicted molar refractivity (Wildman–Crippen MR) is 73.2 cm³/mol. The predicted octanol–water partition coefficient (Wildman–Crippen LogP) is 1.61. The standard InChI is InChI=1S/C15H19N3O2/c16-5-8-18-7-2-4-15(12-18)9-14(11-19-15)20-13-3-1-6-17-10-13/h1,3,6,10,14H,2,4,7-9,11-12H2/t14-,15+/m0/s1. The highest BCUT2D eigenvalue weighted by Crippen LogP contribution is 2.35.